The van der Waals surface area contributed by atoms with Gasteiger partial charge in [-0.1, -0.05) is 26.7 Å². The molecule has 3 heteroatoms. The van der Waals surface area contributed by atoms with E-state index >= 15 is 0 Å². The normalized spacial score (nSPS) is 13.1. The van der Waals surface area contributed by atoms with Crippen LogP contribution >= 0.6 is 0 Å². The van der Waals surface area contributed by atoms with Crippen LogP contribution in [-0.4, -0.2) is 37.0 Å². The largest absolute Gasteiger partial charge is 0.341 e. The zero-order chi connectivity index (χ0) is 12.1. The van der Waals surface area contributed by atoms with Crippen LogP contribution in [-0.2, 0) is 4.79 Å². The van der Waals surface area contributed by atoms with E-state index in [2.05, 4.69) is 38.9 Å². The Labute approximate surface area is 93.2 Å². The maximum Gasteiger partial charge on any atom is 0.236 e. The number of carbonyl (C=O) groups is 1. The van der Waals surface area contributed by atoms with Gasteiger partial charge in [0.25, 0.3) is 0 Å². The van der Waals surface area contributed by atoms with Crippen LogP contribution in [0.1, 0.15) is 27.7 Å². The molecule has 0 radical (unpaired) electrons. The van der Waals surface area contributed by atoms with E-state index in [9.17, 15) is 4.79 Å². The maximum atomic E-state index is 11.7. The standard InChI is InChI=1S/C12H22N2O/c1-7-8-13-9-11(15)14(6)10(2)12(3,4)5/h1,10,13H,8-9H2,2-6H3. The van der Waals surface area contributed by atoms with Gasteiger partial charge in [0.05, 0.1) is 13.1 Å². The molecule has 1 N–H and O–H groups in total. The molecule has 0 saturated heterocycles. The fourth-order valence-corrected chi connectivity index (χ4v) is 1.16. The summed E-state index contributed by atoms with van der Waals surface area (Å²) < 4.78 is 0. The molecule has 0 saturated carbocycles. The molecule has 1 atom stereocenters. The van der Waals surface area contributed by atoms with Crippen molar-refractivity contribution in [2.24, 2.45) is 5.41 Å². The average Bonchev–Trinajstić information content (AvgIpc) is 2.14. The van der Waals surface area contributed by atoms with Gasteiger partial charge in [-0.05, 0) is 12.3 Å². The van der Waals surface area contributed by atoms with Crippen molar-refractivity contribution in [1.29, 1.82) is 0 Å². The van der Waals surface area contributed by atoms with Gasteiger partial charge in [0.15, 0.2) is 0 Å². The monoisotopic (exact) mass is 210 g/mol. The first-order chi connectivity index (χ1) is 6.80. The Morgan fingerprint density at radius 1 is 1.53 bits per heavy atom. The van der Waals surface area contributed by atoms with Gasteiger partial charge in [-0.2, -0.15) is 0 Å². The van der Waals surface area contributed by atoms with Crippen LogP contribution in [0.2, 0.25) is 0 Å². The lowest BCUT2D eigenvalue weighted by Gasteiger charge is -2.35. The molecular weight excluding hydrogens is 188 g/mol. The van der Waals surface area contributed by atoms with Crippen molar-refractivity contribution in [3.05, 3.63) is 0 Å². The molecule has 0 rings (SSSR count). The summed E-state index contributed by atoms with van der Waals surface area (Å²) in [6, 6.07) is 0.206. The summed E-state index contributed by atoms with van der Waals surface area (Å²) in [4.78, 5) is 13.5. The number of terminal acetylenes is 1. The fourth-order valence-electron chi connectivity index (χ4n) is 1.16. The summed E-state index contributed by atoms with van der Waals surface area (Å²) in [6.45, 7) is 9.16. The summed E-state index contributed by atoms with van der Waals surface area (Å²) in [5, 5.41) is 2.89. The highest BCUT2D eigenvalue weighted by Gasteiger charge is 2.26. The Bertz CT molecular complexity index is 247. The number of carbonyl (C=O) groups excluding carboxylic acids is 1. The zero-order valence-electron chi connectivity index (χ0n) is 10.4. The van der Waals surface area contributed by atoms with Crippen LogP contribution in [0.5, 0.6) is 0 Å². The van der Waals surface area contributed by atoms with E-state index in [0.717, 1.165) is 0 Å². The first-order valence-electron chi connectivity index (χ1n) is 5.20. The molecule has 0 heterocycles. The van der Waals surface area contributed by atoms with Gasteiger partial charge in [0.2, 0.25) is 5.91 Å². The summed E-state index contributed by atoms with van der Waals surface area (Å²) in [7, 11) is 1.83. The van der Waals surface area contributed by atoms with Gasteiger partial charge in [0.1, 0.15) is 0 Å². The van der Waals surface area contributed by atoms with E-state index in [0.29, 0.717) is 13.1 Å². The molecule has 0 aliphatic carbocycles. The fraction of sp³-hybridized carbons (Fsp3) is 0.750. The number of nitrogens with one attached hydrogen (secondary N) is 1. The van der Waals surface area contributed by atoms with Gasteiger partial charge >= 0.3 is 0 Å². The second-order valence-electron chi connectivity index (χ2n) is 4.85. The molecule has 0 aromatic rings. The number of likely N-dealkylation sites (N-methyl/N-ethyl adjacent to an activating group) is 1. The average molecular weight is 210 g/mol. The Kier molecular flexibility index (Phi) is 5.38. The number of hydrogen-bond acceptors (Lipinski definition) is 2. The lowest BCUT2D eigenvalue weighted by Crippen LogP contribution is -2.46. The molecule has 15 heavy (non-hydrogen) atoms. The predicted molar refractivity (Wildman–Crippen MR) is 63.4 cm³/mol. The molecule has 0 aromatic carbocycles. The van der Waals surface area contributed by atoms with Crippen molar-refractivity contribution < 1.29 is 4.79 Å². The van der Waals surface area contributed by atoms with Gasteiger partial charge in [-0.25, -0.2) is 0 Å². The van der Waals surface area contributed by atoms with Crippen molar-refractivity contribution in [3.63, 3.8) is 0 Å². The molecule has 0 aliphatic heterocycles. The molecule has 3 nitrogen and oxygen atoms in total. The van der Waals surface area contributed by atoms with Crippen molar-refractivity contribution in [2.45, 2.75) is 33.7 Å². The lowest BCUT2D eigenvalue weighted by molar-refractivity contribution is -0.132. The van der Waals surface area contributed by atoms with Crippen molar-refractivity contribution >= 4 is 5.91 Å². The van der Waals surface area contributed by atoms with E-state index < -0.39 is 0 Å². The van der Waals surface area contributed by atoms with Crippen molar-refractivity contribution in [3.8, 4) is 12.3 Å². The highest BCUT2D eigenvalue weighted by molar-refractivity contribution is 5.78. The van der Waals surface area contributed by atoms with Crippen LogP contribution < -0.4 is 5.32 Å². The van der Waals surface area contributed by atoms with E-state index in [-0.39, 0.29) is 17.4 Å². The minimum Gasteiger partial charge on any atom is -0.341 e. The third-order valence-electron chi connectivity index (χ3n) is 2.73. The van der Waals surface area contributed by atoms with Gasteiger partial charge in [-0.15, -0.1) is 6.42 Å². The third-order valence-corrected chi connectivity index (χ3v) is 2.73. The van der Waals surface area contributed by atoms with Crippen LogP contribution in [0.3, 0.4) is 0 Å². The maximum absolute atomic E-state index is 11.7. The quantitative estimate of drug-likeness (QED) is 0.557. The first kappa shape index (κ1) is 14.0. The van der Waals surface area contributed by atoms with E-state index in [1.807, 2.05) is 7.05 Å². The van der Waals surface area contributed by atoms with Crippen LogP contribution in [0.4, 0.5) is 0 Å². The van der Waals surface area contributed by atoms with Gasteiger partial charge in [0, 0.05) is 13.1 Å². The Balaban J connectivity index is 4.15. The second kappa shape index (κ2) is 5.77. The Morgan fingerprint density at radius 3 is 2.47 bits per heavy atom. The van der Waals surface area contributed by atoms with Gasteiger partial charge in [-0.3, -0.25) is 10.1 Å². The lowest BCUT2D eigenvalue weighted by atomic mass is 9.87. The molecule has 0 aromatic heterocycles. The summed E-state index contributed by atoms with van der Waals surface area (Å²) in [5.74, 6) is 2.52. The Hall–Kier alpha value is -1.01. The molecule has 86 valence electrons. The third kappa shape index (κ3) is 4.85. The van der Waals surface area contributed by atoms with Crippen LogP contribution in [0.15, 0.2) is 0 Å². The number of nitrogens with zero attached hydrogens (tertiary/aromatic N) is 1. The smallest absolute Gasteiger partial charge is 0.236 e. The molecule has 0 aliphatic rings. The van der Waals surface area contributed by atoms with Gasteiger partial charge < -0.3 is 4.90 Å². The number of amides is 1. The Morgan fingerprint density at radius 2 is 2.07 bits per heavy atom. The molecule has 0 spiro atoms. The highest BCUT2D eigenvalue weighted by Crippen LogP contribution is 2.22. The molecule has 0 fully saturated rings. The highest BCUT2D eigenvalue weighted by atomic mass is 16.2. The second-order valence-corrected chi connectivity index (χ2v) is 4.85. The molecule has 1 unspecified atom stereocenters. The predicted octanol–water partition coefficient (Wildman–Crippen LogP) is 1.10. The van der Waals surface area contributed by atoms with Crippen molar-refractivity contribution in [1.82, 2.24) is 10.2 Å². The topological polar surface area (TPSA) is 32.3 Å². The molecule has 1 amide bonds. The SMILES string of the molecule is C#CCNCC(=O)N(C)C(C)C(C)(C)C. The first-order valence-corrected chi connectivity index (χ1v) is 5.20. The van der Waals surface area contributed by atoms with E-state index in [1.54, 1.807) is 4.90 Å². The minimum atomic E-state index is 0.0766. The number of hydrogen-bond donors (Lipinski definition) is 1. The van der Waals surface area contributed by atoms with Crippen LogP contribution in [0.25, 0.3) is 0 Å². The van der Waals surface area contributed by atoms with Crippen LogP contribution in [0, 0.1) is 17.8 Å². The van der Waals surface area contributed by atoms with E-state index in [1.165, 1.54) is 0 Å². The number of rotatable bonds is 4. The minimum absolute atomic E-state index is 0.0766. The summed E-state index contributed by atoms with van der Waals surface area (Å²) in [6.07, 6.45) is 5.08. The summed E-state index contributed by atoms with van der Waals surface area (Å²) in [5.41, 5.74) is 0.0938. The molecular formula is C12H22N2O. The summed E-state index contributed by atoms with van der Waals surface area (Å²) >= 11 is 0. The van der Waals surface area contributed by atoms with Crippen molar-refractivity contribution in [2.75, 3.05) is 20.1 Å². The molecule has 0 bridgehead atoms. The zero-order valence-corrected chi connectivity index (χ0v) is 10.4. The van der Waals surface area contributed by atoms with E-state index in [4.69, 9.17) is 6.42 Å².